The molecule has 160 valence electrons. The lowest BCUT2D eigenvalue weighted by Crippen LogP contribution is -2.37. The lowest BCUT2D eigenvalue weighted by atomic mass is 10.1. The van der Waals surface area contributed by atoms with E-state index >= 15 is 0 Å². The summed E-state index contributed by atoms with van der Waals surface area (Å²) in [5, 5.41) is 0. The van der Waals surface area contributed by atoms with Crippen molar-refractivity contribution >= 4 is 34.5 Å². The van der Waals surface area contributed by atoms with E-state index in [9.17, 15) is 8.76 Å². The summed E-state index contributed by atoms with van der Waals surface area (Å²) in [6.07, 6.45) is 4.04. The predicted octanol–water partition coefficient (Wildman–Crippen LogP) is 1.28. The van der Waals surface area contributed by atoms with Gasteiger partial charge in [0.1, 0.15) is 5.82 Å². The summed E-state index contributed by atoms with van der Waals surface area (Å²) in [6, 6.07) is 6.84. The average molecular weight is 438 g/mol. The minimum Gasteiger partial charge on any atom is -0.768 e. The SMILES string of the molecule is Nc1ncc(-c2nc(N3CCOCC3)nc3c2CCN3c2cccc(S(=O)[O-])c2)cn1. The highest BCUT2D eigenvalue weighted by Gasteiger charge is 2.29. The number of fused-ring (bicyclic) bond motifs is 1. The molecule has 2 N–H and O–H groups in total. The Balaban J connectivity index is 1.63. The smallest absolute Gasteiger partial charge is 0.228 e. The Morgan fingerprint density at radius 3 is 2.61 bits per heavy atom. The summed E-state index contributed by atoms with van der Waals surface area (Å²) in [4.78, 5) is 22.3. The molecule has 5 rings (SSSR count). The number of morpholine rings is 1. The van der Waals surface area contributed by atoms with Gasteiger partial charge in [0.05, 0.1) is 18.9 Å². The summed E-state index contributed by atoms with van der Waals surface area (Å²) >= 11 is -2.30. The van der Waals surface area contributed by atoms with Crippen molar-refractivity contribution < 1.29 is 13.5 Å². The van der Waals surface area contributed by atoms with Crippen LogP contribution in [0.25, 0.3) is 11.3 Å². The molecule has 11 heteroatoms. The zero-order chi connectivity index (χ0) is 21.4. The Labute approximate surface area is 181 Å². The van der Waals surface area contributed by atoms with Gasteiger partial charge in [-0.25, -0.2) is 15.0 Å². The molecule has 4 heterocycles. The van der Waals surface area contributed by atoms with Gasteiger partial charge in [0.15, 0.2) is 0 Å². The maximum atomic E-state index is 11.5. The van der Waals surface area contributed by atoms with Crippen LogP contribution < -0.4 is 15.5 Å². The number of ether oxygens (including phenoxy) is 1. The van der Waals surface area contributed by atoms with Gasteiger partial charge >= 0.3 is 0 Å². The number of hydrogen-bond donors (Lipinski definition) is 1. The molecular weight excluding hydrogens is 418 g/mol. The highest BCUT2D eigenvalue weighted by atomic mass is 32.2. The number of hydrogen-bond acceptors (Lipinski definition) is 10. The molecule has 0 radical (unpaired) electrons. The normalized spacial score (nSPS) is 16.9. The Morgan fingerprint density at radius 1 is 1.10 bits per heavy atom. The van der Waals surface area contributed by atoms with E-state index in [1.54, 1.807) is 30.6 Å². The fraction of sp³-hybridized carbons (Fsp3) is 0.300. The number of aromatic nitrogens is 4. The molecule has 1 aromatic carbocycles. The molecule has 1 fully saturated rings. The molecule has 10 nitrogen and oxygen atoms in total. The quantitative estimate of drug-likeness (QED) is 0.594. The van der Waals surface area contributed by atoms with E-state index in [2.05, 4.69) is 14.9 Å². The number of anilines is 4. The predicted molar refractivity (Wildman–Crippen MR) is 115 cm³/mol. The van der Waals surface area contributed by atoms with Gasteiger partial charge in [-0.05, 0) is 35.7 Å². The number of nitrogens with zero attached hydrogens (tertiary/aromatic N) is 6. The number of nitrogens with two attached hydrogens (primary N) is 1. The Bertz CT molecular complexity index is 1140. The van der Waals surface area contributed by atoms with Crippen molar-refractivity contribution in [2.24, 2.45) is 0 Å². The van der Waals surface area contributed by atoms with Crippen LogP contribution in [-0.4, -0.2) is 61.5 Å². The highest BCUT2D eigenvalue weighted by molar-refractivity contribution is 7.79. The maximum Gasteiger partial charge on any atom is 0.228 e. The number of nitrogen functional groups attached to an aromatic ring is 1. The molecule has 0 saturated carbocycles. The van der Waals surface area contributed by atoms with E-state index in [1.165, 1.54) is 0 Å². The molecule has 31 heavy (non-hydrogen) atoms. The minimum absolute atomic E-state index is 0.201. The Kier molecular flexibility index (Phi) is 5.22. The van der Waals surface area contributed by atoms with Gasteiger partial charge in [-0.1, -0.05) is 6.07 Å². The van der Waals surface area contributed by atoms with Gasteiger partial charge in [-0.15, -0.1) is 0 Å². The van der Waals surface area contributed by atoms with Crippen LogP contribution in [0.3, 0.4) is 0 Å². The summed E-state index contributed by atoms with van der Waals surface area (Å²) in [6.45, 7) is 3.28. The molecule has 2 aromatic heterocycles. The molecule has 1 atom stereocenters. The van der Waals surface area contributed by atoms with E-state index in [-0.39, 0.29) is 10.8 Å². The highest BCUT2D eigenvalue weighted by Crippen LogP contribution is 2.39. The van der Waals surface area contributed by atoms with Crippen molar-refractivity contribution in [3.8, 4) is 11.3 Å². The van der Waals surface area contributed by atoms with Crippen molar-refractivity contribution in [3.63, 3.8) is 0 Å². The largest absolute Gasteiger partial charge is 0.768 e. The van der Waals surface area contributed by atoms with Gasteiger partial charge in [0, 0.05) is 53.7 Å². The maximum absolute atomic E-state index is 11.5. The van der Waals surface area contributed by atoms with Crippen molar-refractivity contribution in [2.75, 3.05) is 48.4 Å². The lowest BCUT2D eigenvalue weighted by molar-refractivity contribution is 0.122. The third kappa shape index (κ3) is 3.82. The number of rotatable bonds is 4. The zero-order valence-corrected chi connectivity index (χ0v) is 17.4. The first-order valence-electron chi connectivity index (χ1n) is 9.88. The molecule has 2 aliphatic heterocycles. The van der Waals surface area contributed by atoms with Gasteiger partial charge in [-0.3, -0.25) is 4.21 Å². The fourth-order valence-electron chi connectivity index (χ4n) is 3.85. The standard InChI is InChI=1S/C20H21N7O3S/c21-19-22-11-13(12-23-19)17-16-4-5-27(14-2-1-3-15(10-14)31(28)29)18(16)25-20(24-17)26-6-8-30-9-7-26/h1-3,10-12H,4-9H2,(H,28,29)(H2,21,22,23)/p-1. The summed E-state index contributed by atoms with van der Waals surface area (Å²) in [5.74, 6) is 1.56. The molecule has 0 aliphatic carbocycles. The van der Waals surface area contributed by atoms with Crippen molar-refractivity contribution in [1.82, 2.24) is 19.9 Å². The summed E-state index contributed by atoms with van der Waals surface area (Å²) in [7, 11) is 0. The topological polar surface area (TPSA) is 133 Å². The molecule has 0 amide bonds. The summed E-state index contributed by atoms with van der Waals surface area (Å²) in [5.41, 5.74) is 8.93. The minimum atomic E-state index is -2.30. The van der Waals surface area contributed by atoms with Crippen molar-refractivity contribution in [1.29, 1.82) is 0 Å². The second-order valence-electron chi connectivity index (χ2n) is 7.24. The molecule has 0 bridgehead atoms. The van der Waals surface area contributed by atoms with Gasteiger partial charge in [0.25, 0.3) is 0 Å². The fourth-order valence-corrected chi connectivity index (χ4v) is 4.26. The van der Waals surface area contributed by atoms with Crippen molar-refractivity contribution in [2.45, 2.75) is 11.3 Å². The molecule has 1 saturated heterocycles. The second-order valence-corrected chi connectivity index (χ2v) is 8.18. The first-order valence-corrected chi connectivity index (χ1v) is 11.0. The lowest BCUT2D eigenvalue weighted by Gasteiger charge is -2.28. The van der Waals surface area contributed by atoms with Crippen molar-refractivity contribution in [3.05, 3.63) is 42.2 Å². The molecule has 3 aromatic rings. The molecular formula is C20H20N7O3S-. The molecule has 1 unspecified atom stereocenters. The average Bonchev–Trinajstić information content (AvgIpc) is 3.24. The van der Waals surface area contributed by atoms with Crippen LogP contribution in [0, 0.1) is 0 Å². The third-order valence-electron chi connectivity index (χ3n) is 5.38. The first-order chi connectivity index (χ1) is 15.1. The van der Waals surface area contributed by atoms with E-state index in [0.29, 0.717) is 45.2 Å². The van der Waals surface area contributed by atoms with Gasteiger partial charge in [-0.2, -0.15) is 4.98 Å². The number of benzene rings is 1. The van der Waals surface area contributed by atoms with Gasteiger partial charge in [0.2, 0.25) is 11.9 Å². The van der Waals surface area contributed by atoms with Crippen LogP contribution in [0.1, 0.15) is 5.56 Å². The zero-order valence-electron chi connectivity index (χ0n) is 16.6. The Hall–Kier alpha value is -3.15. The van der Waals surface area contributed by atoms with Crippen LogP contribution >= 0.6 is 0 Å². The van der Waals surface area contributed by atoms with Gasteiger partial charge < -0.3 is 24.8 Å². The van der Waals surface area contributed by atoms with Crippen LogP contribution in [0.4, 0.5) is 23.4 Å². The second kappa shape index (κ2) is 8.17. The third-order valence-corrected chi connectivity index (χ3v) is 6.01. The van der Waals surface area contributed by atoms with Crippen LogP contribution in [0.5, 0.6) is 0 Å². The van der Waals surface area contributed by atoms with Crippen LogP contribution in [0.15, 0.2) is 41.6 Å². The monoisotopic (exact) mass is 438 g/mol. The first kappa shape index (κ1) is 19.8. The molecule has 2 aliphatic rings. The Morgan fingerprint density at radius 2 is 1.87 bits per heavy atom. The van der Waals surface area contributed by atoms with E-state index in [4.69, 9.17) is 20.4 Å². The molecule has 0 spiro atoms. The van der Waals surface area contributed by atoms with E-state index in [0.717, 1.165) is 28.3 Å². The van der Waals surface area contributed by atoms with Crippen LogP contribution in [-0.2, 0) is 22.2 Å². The summed E-state index contributed by atoms with van der Waals surface area (Å²) < 4.78 is 28.4. The van der Waals surface area contributed by atoms with E-state index in [1.807, 2.05) is 11.0 Å². The van der Waals surface area contributed by atoms with E-state index < -0.39 is 11.1 Å². The van der Waals surface area contributed by atoms with Crippen LogP contribution in [0.2, 0.25) is 0 Å².